The fraction of sp³-hybridized carbons (Fsp3) is 0.667. The van der Waals surface area contributed by atoms with Crippen LogP contribution in [0.1, 0.15) is 27.2 Å². The van der Waals surface area contributed by atoms with Gasteiger partial charge in [0.15, 0.2) is 5.78 Å². The maximum atomic E-state index is 11.3. The van der Waals surface area contributed by atoms with E-state index in [1.807, 2.05) is 13.8 Å². The number of rotatable bonds is 5. The first kappa shape index (κ1) is 12.9. The van der Waals surface area contributed by atoms with Crippen molar-refractivity contribution in [2.24, 2.45) is 11.6 Å². The lowest BCUT2D eigenvalue weighted by Crippen LogP contribution is -2.40. The molecular weight excluding hydrogens is 182 g/mol. The number of hydrazine groups is 1. The van der Waals surface area contributed by atoms with Crippen molar-refractivity contribution in [2.45, 2.75) is 33.2 Å². The van der Waals surface area contributed by atoms with E-state index < -0.39 is 0 Å². The Balaban J connectivity index is 4.93. The van der Waals surface area contributed by atoms with Crippen LogP contribution in [0.5, 0.6) is 0 Å². The van der Waals surface area contributed by atoms with Crippen molar-refractivity contribution in [3.05, 3.63) is 11.4 Å². The van der Waals surface area contributed by atoms with Crippen molar-refractivity contribution in [1.82, 2.24) is 5.01 Å². The largest absolute Gasteiger partial charge is 0.400 e. The SMILES string of the molecule is CC(=O)/C(=C(/N)CCO)N(N)C(C)C. The van der Waals surface area contributed by atoms with Crippen LogP contribution in [0.3, 0.4) is 0 Å². The van der Waals surface area contributed by atoms with Crippen LogP contribution in [0.25, 0.3) is 0 Å². The maximum Gasteiger partial charge on any atom is 0.178 e. The number of hydrogen-bond acceptors (Lipinski definition) is 5. The summed E-state index contributed by atoms with van der Waals surface area (Å²) in [6, 6.07) is -0.00820. The molecule has 0 amide bonds. The van der Waals surface area contributed by atoms with Crippen LogP contribution < -0.4 is 11.6 Å². The number of ketones is 1. The fourth-order valence-corrected chi connectivity index (χ4v) is 1.07. The third-order valence-corrected chi connectivity index (χ3v) is 1.83. The summed E-state index contributed by atoms with van der Waals surface area (Å²) in [5.74, 6) is 5.50. The normalized spacial score (nSPS) is 12.7. The van der Waals surface area contributed by atoms with Gasteiger partial charge in [0.05, 0.1) is 0 Å². The molecule has 0 atom stereocenters. The summed E-state index contributed by atoms with van der Waals surface area (Å²) in [7, 11) is 0. The number of aliphatic hydroxyl groups is 1. The van der Waals surface area contributed by atoms with Crippen molar-refractivity contribution in [3.8, 4) is 0 Å². The Bertz CT molecular complexity index is 236. The summed E-state index contributed by atoms with van der Waals surface area (Å²) < 4.78 is 0. The monoisotopic (exact) mass is 201 g/mol. The number of Topliss-reactive ketones (excluding diaryl/α,β-unsaturated/α-hetero) is 1. The van der Waals surface area contributed by atoms with Crippen LogP contribution in [0.15, 0.2) is 11.4 Å². The topological polar surface area (TPSA) is 92.6 Å². The fourth-order valence-electron chi connectivity index (χ4n) is 1.07. The molecule has 0 rings (SSSR count). The Morgan fingerprint density at radius 3 is 2.29 bits per heavy atom. The van der Waals surface area contributed by atoms with E-state index in [0.717, 1.165) is 0 Å². The van der Waals surface area contributed by atoms with Gasteiger partial charge in [-0.05, 0) is 13.8 Å². The van der Waals surface area contributed by atoms with Crippen LogP contribution in [0.4, 0.5) is 0 Å². The maximum absolute atomic E-state index is 11.3. The number of nitrogens with two attached hydrogens (primary N) is 2. The number of carbonyl (C=O) groups is 1. The molecule has 0 fully saturated rings. The molecule has 0 aromatic rings. The second-order valence-corrected chi connectivity index (χ2v) is 3.40. The predicted octanol–water partition coefficient (Wildman–Crippen LogP) is -0.288. The van der Waals surface area contributed by atoms with Crippen LogP contribution in [-0.4, -0.2) is 28.5 Å². The zero-order valence-corrected chi connectivity index (χ0v) is 8.95. The average molecular weight is 201 g/mol. The Morgan fingerprint density at radius 1 is 1.50 bits per heavy atom. The summed E-state index contributed by atoms with van der Waals surface area (Å²) in [5, 5.41) is 10.0. The van der Waals surface area contributed by atoms with Gasteiger partial charge in [0, 0.05) is 31.7 Å². The second-order valence-electron chi connectivity index (χ2n) is 3.40. The lowest BCUT2D eigenvalue weighted by atomic mass is 10.2. The van der Waals surface area contributed by atoms with Crippen molar-refractivity contribution in [2.75, 3.05) is 6.61 Å². The van der Waals surface area contributed by atoms with Gasteiger partial charge in [-0.15, -0.1) is 0 Å². The summed E-state index contributed by atoms with van der Waals surface area (Å²) in [5.41, 5.74) is 6.26. The molecule has 0 saturated heterocycles. The smallest absolute Gasteiger partial charge is 0.178 e. The van der Waals surface area contributed by atoms with Gasteiger partial charge in [-0.3, -0.25) is 4.79 Å². The number of carbonyl (C=O) groups excluding carboxylic acids is 1. The van der Waals surface area contributed by atoms with Gasteiger partial charge in [0.1, 0.15) is 5.70 Å². The van der Waals surface area contributed by atoms with Crippen LogP contribution in [-0.2, 0) is 4.79 Å². The molecule has 0 saturated carbocycles. The predicted molar refractivity (Wildman–Crippen MR) is 54.8 cm³/mol. The summed E-state index contributed by atoms with van der Waals surface area (Å²) in [6.45, 7) is 5.03. The first-order valence-corrected chi connectivity index (χ1v) is 4.56. The molecule has 5 nitrogen and oxygen atoms in total. The molecule has 0 spiro atoms. The lowest BCUT2D eigenvalue weighted by molar-refractivity contribution is -0.115. The van der Waals surface area contributed by atoms with E-state index in [4.69, 9.17) is 16.7 Å². The molecule has 5 heteroatoms. The van der Waals surface area contributed by atoms with E-state index in [0.29, 0.717) is 5.70 Å². The van der Waals surface area contributed by atoms with E-state index in [2.05, 4.69) is 0 Å². The third-order valence-electron chi connectivity index (χ3n) is 1.83. The van der Waals surface area contributed by atoms with Crippen molar-refractivity contribution < 1.29 is 9.90 Å². The Morgan fingerprint density at radius 2 is 2.00 bits per heavy atom. The van der Waals surface area contributed by atoms with Gasteiger partial charge < -0.3 is 15.8 Å². The van der Waals surface area contributed by atoms with E-state index in [9.17, 15) is 4.79 Å². The van der Waals surface area contributed by atoms with Gasteiger partial charge >= 0.3 is 0 Å². The molecule has 0 aliphatic carbocycles. The highest BCUT2D eigenvalue weighted by Crippen LogP contribution is 2.10. The van der Waals surface area contributed by atoms with Gasteiger partial charge in [-0.2, -0.15) is 0 Å². The van der Waals surface area contributed by atoms with Crippen LogP contribution in [0.2, 0.25) is 0 Å². The molecule has 0 aromatic carbocycles. The minimum atomic E-state index is -0.188. The summed E-state index contributed by atoms with van der Waals surface area (Å²) in [6.07, 6.45) is 0.259. The molecule has 82 valence electrons. The minimum absolute atomic E-state index is 0.00820. The summed E-state index contributed by atoms with van der Waals surface area (Å²) in [4.78, 5) is 11.3. The average Bonchev–Trinajstić information content (AvgIpc) is 2.03. The van der Waals surface area contributed by atoms with E-state index in [1.165, 1.54) is 11.9 Å². The second kappa shape index (κ2) is 5.62. The molecule has 0 aliphatic heterocycles. The number of allylic oxidation sites excluding steroid dienone is 1. The van der Waals surface area contributed by atoms with Crippen molar-refractivity contribution in [3.63, 3.8) is 0 Å². The molecule has 14 heavy (non-hydrogen) atoms. The molecule has 5 N–H and O–H groups in total. The van der Waals surface area contributed by atoms with Crippen LogP contribution >= 0.6 is 0 Å². The Hall–Kier alpha value is -1.07. The molecular formula is C9H19N3O2. The number of aliphatic hydroxyl groups excluding tert-OH is 1. The van der Waals surface area contributed by atoms with Gasteiger partial charge in [-0.25, -0.2) is 5.84 Å². The third kappa shape index (κ3) is 3.35. The first-order chi connectivity index (χ1) is 6.41. The molecule has 0 aromatic heterocycles. The number of nitrogens with zero attached hydrogens (tertiary/aromatic N) is 1. The van der Waals surface area contributed by atoms with Gasteiger partial charge in [-0.1, -0.05) is 0 Å². The quantitative estimate of drug-likeness (QED) is 0.323. The first-order valence-electron chi connectivity index (χ1n) is 4.56. The van der Waals surface area contributed by atoms with E-state index >= 15 is 0 Å². The van der Waals surface area contributed by atoms with Crippen LogP contribution in [0, 0.1) is 0 Å². The molecule has 0 radical (unpaired) electrons. The zero-order chi connectivity index (χ0) is 11.3. The summed E-state index contributed by atoms with van der Waals surface area (Å²) >= 11 is 0. The highest BCUT2D eigenvalue weighted by atomic mass is 16.3. The highest BCUT2D eigenvalue weighted by molar-refractivity contribution is 5.93. The van der Waals surface area contributed by atoms with E-state index in [-0.39, 0.29) is 30.5 Å². The molecule has 0 heterocycles. The van der Waals surface area contributed by atoms with E-state index in [1.54, 1.807) is 0 Å². The lowest BCUT2D eigenvalue weighted by Gasteiger charge is -2.25. The highest BCUT2D eigenvalue weighted by Gasteiger charge is 2.16. The standard InChI is InChI=1S/C9H19N3O2/c1-6(2)12(11)9(7(3)14)8(10)4-5-13/h6,13H,4-5,10-11H2,1-3H3/b9-8-. The van der Waals surface area contributed by atoms with Crippen molar-refractivity contribution in [1.29, 1.82) is 0 Å². The number of hydrogen-bond donors (Lipinski definition) is 3. The minimum Gasteiger partial charge on any atom is -0.400 e. The molecule has 0 bridgehead atoms. The van der Waals surface area contributed by atoms with Gasteiger partial charge in [0.2, 0.25) is 0 Å². The molecule has 0 aliphatic rings. The van der Waals surface area contributed by atoms with Gasteiger partial charge in [0.25, 0.3) is 0 Å². The molecule has 0 unspecified atom stereocenters. The Kier molecular flexibility index (Phi) is 5.19. The van der Waals surface area contributed by atoms with Crippen molar-refractivity contribution >= 4 is 5.78 Å². The Labute approximate surface area is 84.3 Å². The zero-order valence-electron chi connectivity index (χ0n) is 8.95.